The molecule has 0 saturated carbocycles. The van der Waals surface area contributed by atoms with E-state index in [9.17, 15) is 13.6 Å². The summed E-state index contributed by atoms with van der Waals surface area (Å²) in [7, 11) is 0. The highest BCUT2D eigenvalue weighted by atomic mass is 35.5. The van der Waals surface area contributed by atoms with Crippen LogP contribution in [0.2, 0.25) is 15.5 Å². The number of carbonyl (C=O) groups excluding carboxylic acids is 1. The highest BCUT2D eigenvalue weighted by Crippen LogP contribution is 2.23. The van der Waals surface area contributed by atoms with E-state index in [0.29, 0.717) is 5.39 Å². The summed E-state index contributed by atoms with van der Waals surface area (Å²) < 4.78 is 30.0. The minimum absolute atomic E-state index is 0.0198. The van der Waals surface area contributed by atoms with Gasteiger partial charge in [-0.15, -0.1) is 0 Å². The Morgan fingerprint density at radius 1 is 1.21 bits per heavy atom. The molecule has 3 aromatic rings. The molecule has 3 aromatic heterocycles. The van der Waals surface area contributed by atoms with E-state index in [4.69, 9.17) is 51.0 Å². The Kier molecular flexibility index (Phi) is 8.75. The van der Waals surface area contributed by atoms with Crippen molar-refractivity contribution in [2.24, 2.45) is 0 Å². The molecule has 0 unspecified atom stereocenters. The van der Waals surface area contributed by atoms with Crippen LogP contribution in [-0.4, -0.2) is 26.2 Å². The molecule has 0 aliphatic heterocycles. The summed E-state index contributed by atoms with van der Waals surface area (Å²) >= 11 is 16.1. The van der Waals surface area contributed by atoms with Gasteiger partial charge in [0.05, 0.1) is 10.9 Å². The van der Waals surface area contributed by atoms with Crippen LogP contribution in [0.15, 0.2) is 16.7 Å². The number of pyridine rings is 2. The van der Waals surface area contributed by atoms with Crippen LogP contribution in [0.1, 0.15) is 12.5 Å². The Morgan fingerprint density at radius 2 is 1.75 bits per heavy atom. The summed E-state index contributed by atoms with van der Waals surface area (Å²) in [5.74, 6) is -1.72. The Balaban J connectivity index is 0.000000229. The SMILES string of the molecule is CC(=O)NO.N#Cc1cc(F)c(Cl)nc1Cl.Nc1noc2nc(Cl)c(F)cc12. The zero-order valence-electron chi connectivity index (χ0n) is 13.7. The number of hydrogen-bond acceptors (Lipinski definition) is 8. The standard InChI is InChI=1S/C6HCl2FN2.C6H3ClFN3O.C2H5NO2/c7-5-3(2-10)1-4(9)6(8)11-5;7-4-3(8)1-2-5(9)11-12-6(2)10-4;1-2(4)3-5/h1H;1H,(H2,9,11);5H,1H3,(H,3,4). The van der Waals surface area contributed by atoms with E-state index in [2.05, 4.69) is 19.6 Å². The van der Waals surface area contributed by atoms with Gasteiger partial charge in [-0.3, -0.25) is 10.0 Å². The fourth-order valence-electron chi connectivity index (χ4n) is 1.37. The Labute approximate surface area is 170 Å². The van der Waals surface area contributed by atoms with Crippen molar-refractivity contribution >= 4 is 57.6 Å². The van der Waals surface area contributed by atoms with Crippen LogP contribution in [0.25, 0.3) is 11.1 Å². The second-order valence-electron chi connectivity index (χ2n) is 4.56. The molecule has 4 N–H and O–H groups in total. The molecule has 0 aromatic carbocycles. The first-order chi connectivity index (χ1) is 13.1. The maximum atomic E-state index is 12.8. The molecule has 3 rings (SSSR count). The lowest BCUT2D eigenvalue weighted by Crippen LogP contribution is -2.12. The molecule has 14 heteroatoms. The fourth-order valence-corrected chi connectivity index (χ4v) is 1.86. The largest absolute Gasteiger partial charge is 0.380 e. The van der Waals surface area contributed by atoms with Gasteiger partial charge in [0.2, 0.25) is 5.91 Å². The molecule has 28 heavy (non-hydrogen) atoms. The molecule has 0 fully saturated rings. The van der Waals surface area contributed by atoms with Crippen LogP contribution >= 0.6 is 34.8 Å². The van der Waals surface area contributed by atoms with Gasteiger partial charge in [-0.2, -0.15) is 10.2 Å². The van der Waals surface area contributed by atoms with E-state index < -0.39 is 17.5 Å². The van der Waals surface area contributed by atoms with Crippen molar-refractivity contribution in [3.05, 3.63) is 44.8 Å². The van der Waals surface area contributed by atoms with Crippen molar-refractivity contribution in [2.45, 2.75) is 6.92 Å². The maximum Gasteiger partial charge on any atom is 0.261 e. The Hall–Kier alpha value is -2.78. The van der Waals surface area contributed by atoms with Gasteiger partial charge in [0.25, 0.3) is 5.71 Å². The smallest absolute Gasteiger partial charge is 0.261 e. The van der Waals surface area contributed by atoms with E-state index in [1.807, 2.05) is 0 Å². The monoisotopic (exact) mass is 452 g/mol. The van der Waals surface area contributed by atoms with E-state index in [1.54, 1.807) is 6.07 Å². The molecule has 0 radical (unpaired) electrons. The van der Waals surface area contributed by atoms with Crippen LogP contribution in [0, 0.1) is 23.0 Å². The average molecular weight is 454 g/mol. The Morgan fingerprint density at radius 3 is 2.29 bits per heavy atom. The minimum Gasteiger partial charge on any atom is -0.380 e. The average Bonchev–Trinajstić information content (AvgIpc) is 2.99. The van der Waals surface area contributed by atoms with Gasteiger partial charge >= 0.3 is 0 Å². The molecule has 3 heterocycles. The molecular weight excluding hydrogens is 445 g/mol. The number of nitrogen functional groups attached to an aromatic ring is 1. The van der Waals surface area contributed by atoms with Crippen LogP contribution in [0.3, 0.4) is 0 Å². The summed E-state index contributed by atoms with van der Waals surface area (Å²) in [6.07, 6.45) is 0. The number of nitrogens with zero attached hydrogens (tertiary/aromatic N) is 4. The normalized spacial score (nSPS) is 9.50. The van der Waals surface area contributed by atoms with Crippen molar-refractivity contribution in [3.8, 4) is 6.07 Å². The van der Waals surface area contributed by atoms with Crippen LogP contribution in [0.4, 0.5) is 14.6 Å². The molecule has 9 nitrogen and oxygen atoms in total. The maximum absolute atomic E-state index is 12.8. The minimum atomic E-state index is -0.743. The van der Waals surface area contributed by atoms with Crippen LogP contribution in [0.5, 0.6) is 0 Å². The second-order valence-corrected chi connectivity index (χ2v) is 5.63. The molecule has 1 amide bonds. The first-order valence-corrected chi connectivity index (χ1v) is 7.93. The van der Waals surface area contributed by atoms with Gasteiger partial charge in [-0.25, -0.2) is 19.2 Å². The Bertz CT molecular complexity index is 1040. The quantitative estimate of drug-likeness (QED) is 0.266. The molecule has 0 aliphatic rings. The predicted octanol–water partition coefficient (Wildman–Crippen LogP) is 3.51. The topological polar surface area (TPSA) is 151 Å². The lowest BCUT2D eigenvalue weighted by Gasteiger charge is -1.95. The summed E-state index contributed by atoms with van der Waals surface area (Å²) in [5, 5.41) is 19.0. The number of amides is 1. The molecule has 148 valence electrons. The molecule has 0 spiro atoms. The second kappa shape index (κ2) is 10.5. The lowest BCUT2D eigenvalue weighted by molar-refractivity contribution is -0.126. The van der Waals surface area contributed by atoms with Crippen molar-refractivity contribution in [1.29, 1.82) is 5.26 Å². The molecule has 0 bridgehead atoms. The fraction of sp³-hybridized carbons (Fsp3) is 0.0714. The van der Waals surface area contributed by atoms with Gasteiger partial charge in [0, 0.05) is 6.92 Å². The summed E-state index contributed by atoms with van der Waals surface area (Å²) in [4.78, 5) is 16.4. The van der Waals surface area contributed by atoms with Gasteiger partial charge in [0.15, 0.2) is 27.8 Å². The number of nitriles is 1. The number of hydrogen-bond donors (Lipinski definition) is 3. The van der Waals surface area contributed by atoms with E-state index in [0.717, 1.165) is 12.1 Å². The molecular formula is C14H9Cl3F2N6O3. The predicted molar refractivity (Wildman–Crippen MR) is 95.7 cm³/mol. The number of halogens is 5. The third-order valence-corrected chi connectivity index (χ3v) is 3.39. The van der Waals surface area contributed by atoms with Crippen molar-refractivity contribution in [1.82, 2.24) is 20.6 Å². The number of anilines is 1. The number of rotatable bonds is 0. The summed E-state index contributed by atoms with van der Waals surface area (Å²) in [6.45, 7) is 1.22. The number of nitrogens with one attached hydrogen (secondary N) is 1. The molecule has 0 aliphatic carbocycles. The van der Waals surface area contributed by atoms with Crippen molar-refractivity contribution in [3.63, 3.8) is 0 Å². The van der Waals surface area contributed by atoms with E-state index in [1.165, 1.54) is 12.4 Å². The first kappa shape index (κ1) is 23.3. The highest BCUT2D eigenvalue weighted by Gasteiger charge is 2.10. The van der Waals surface area contributed by atoms with Crippen LogP contribution < -0.4 is 11.2 Å². The third kappa shape index (κ3) is 6.43. The highest BCUT2D eigenvalue weighted by molar-refractivity contribution is 6.33. The van der Waals surface area contributed by atoms with Crippen LogP contribution in [-0.2, 0) is 4.79 Å². The molecule has 0 atom stereocenters. The summed E-state index contributed by atoms with van der Waals surface area (Å²) in [6, 6.07) is 3.75. The number of fused-ring (bicyclic) bond motifs is 1. The van der Waals surface area contributed by atoms with E-state index >= 15 is 0 Å². The van der Waals surface area contributed by atoms with Gasteiger partial charge in [0.1, 0.15) is 11.2 Å². The third-order valence-electron chi connectivity index (χ3n) is 2.57. The number of carbonyl (C=O) groups is 1. The number of aromatic nitrogens is 3. The van der Waals surface area contributed by atoms with Crippen molar-refractivity contribution < 1.29 is 23.3 Å². The first-order valence-electron chi connectivity index (χ1n) is 6.79. The zero-order valence-corrected chi connectivity index (χ0v) is 15.9. The summed E-state index contributed by atoms with van der Waals surface area (Å²) in [5.41, 5.74) is 6.85. The van der Waals surface area contributed by atoms with Gasteiger partial charge in [-0.1, -0.05) is 40.0 Å². The lowest BCUT2D eigenvalue weighted by atomic mass is 10.3. The van der Waals surface area contributed by atoms with Crippen molar-refractivity contribution in [2.75, 3.05) is 5.73 Å². The molecule has 0 saturated heterocycles. The number of hydroxylamine groups is 1. The number of nitrogens with two attached hydrogens (primary N) is 1. The zero-order chi connectivity index (χ0) is 21.4. The van der Waals surface area contributed by atoms with Gasteiger partial charge < -0.3 is 10.3 Å². The van der Waals surface area contributed by atoms with E-state index in [-0.39, 0.29) is 32.6 Å². The van der Waals surface area contributed by atoms with Gasteiger partial charge in [-0.05, 0) is 12.1 Å².